The summed E-state index contributed by atoms with van der Waals surface area (Å²) < 4.78 is 5.27. The molecule has 1 aliphatic heterocycles. The number of nitrogens with zero attached hydrogens (tertiary/aromatic N) is 1. The summed E-state index contributed by atoms with van der Waals surface area (Å²) in [4.78, 5) is 107. The van der Waals surface area contributed by atoms with Gasteiger partial charge in [-0.3, -0.25) is 38.6 Å². The Morgan fingerprint density at radius 2 is 1.55 bits per heavy atom. The van der Waals surface area contributed by atoms with E-state index in [-0.39, 0.29) is 48.3 Å². The number of benzene rings is 1. The lowest BCUT2D eigenvalue weighted by atomic mass is 9.98. The topological polar surface area (TPSA) is 310 Å². The molecule has 1 aliphatic rings. The summed E-state index contributed by atoms with van der Waals surface area (Å²) in [6, 6.07) is 1.64. The third-order valence-electron chi connectivity index (χ3n) is 9.94. The summed E-state index contributed by atoms with van der Waals surface area (Å²) in [5, 5.41) is 22.1. The van der Waals surface area contributed by atoms with Gasteiger partial charge in [0.25, 0.3) is 0 Å². The molecule has 330 valence electrons. The molecule has 3 rings (SSSR count). The van der Waals surface area contributed by atoms with Crippen LogP contribution < -0.4 is 59.6 Å². The van der Waals surface area contributed by atoms with Crippen LogP contribution in [0.1, 0.15) is 78.7 Å². The fourth-order valence-electron chi connectivity index (χ4n) is 6.44. The quantitative estimate of drug-likeness (QED) is 0.0300. The molecule has 20 nitrogen and oxygen atoms in total. The third-order valence-corrected chi connectivity index (χ3v) is 9.94. The first-order valence-corrected chi connectivity index (χ1v) is 20.3. The highest BCUT2D eigenvalue weighted by Crippen LogP contribution is 2.21. The van der Waals surface area contributed by atoms with Crippen LogP contribution in [0, 0.1) is 18.8 Å². The molecule has 0 radical (unpaired) electrons. The van der Waals surface area contributed by atoms with E-state index >= 15 is 0 Å². The average molecular weight is 840 g/mol. The molecule has 12 N–H and O–H groups in total. The van der Waals surface area contributed by atoms with Crippen molar-refractivity contribution >= 4 is 64.0 Å². The van der Waals surface area contributed by atoms with Gasteiger partial charge in [0.1, 0.15) is 29.8 Å². The van der Waals surface area contributed by atoms with Crippen molar-refractivity contribution in [1.82, 2.24) is 37.2 Å². The van der Waals surface area contributed by atoms with Gasteiger partial charge in [0.05, 0.1) is 19.1 Å². The molecule has 60 heavy (non-hydrogen) atoms. The summed E-state index contributed by atoms with van der Waals surface area (Å²) in [6.07, 6.45) is 2.80. The van der Waals surface area contributed by atoms with Gasteiger partial charge in [0.15, 0.2) is 5.96 Å². The molecule has 1 aromatic carbocycles. The van der Waals surface area contributed by atoms with E-state index in [0.29, 0.717) is 42.3 Å². The van der Waals surface area contributed by atoms with E-state index in [4.69, 9.17) is 15.9 Å². The molecule has 7 amide bonds. The van der Waals surface area contributed by atoms with Crippen LogP contribution in [0.15, 0.2) is 38.5 Å². The number of rotatable bonds is 22. The van der Waals surface area contributed by atoms with Crippen molar-refractivity contribution in [1.29, 1.82) is 0 Å². The Kier molecular flexibility index (Phi) is 18.9. The van der Waals surface area contributed by atoms with Crippen LogP contribution in [-0.4, -0.2) is 104 Å². The first kappa shape index (κ1) is 48.3. The maximum atomic E-state index is 13.4. The zero-order chi connectivity index (χ0) is 44.5. The van der Waals surface area contributed by atoms with Gasteiger partial charge < -0.3 is 58.4 Å². The first-order chi connectivity index (χ1) is 28.4. The predicted octanol–water partition coefficient (Wildman–Crippen LogP) is -0.871. The maximum Gasteiger partial charge on any atom is 0.336 e. The van der Waals surface area contributed by atoms with Crippen LogP contribution in [0.2, 0.25) is 0 Å². The van der Waals surface area contributed by atoms with E-state index in [0.717, 1.165) is 13.0 Å². The lowest BCUT2D eigenvalue weighted by Gasteiger charge is -2.26. The molecular weight excluding hydrogens is 779 g/mol. The number of hydrogen-bond donors (Lipinski definition) is 10. The smallest absolute Gasteiger partial charge is 0.336 e. The van der Waals surface area contributed by atoms with Crippen LogP contribution in [0.4, 0.5) is 5.69 Å². The Balaban J connectivity index is 1.56. The molecule has 20 heteroatoms. The molecule has 0 saturated carbocycles. The molecule has 1 saturated heterocycles. The van der Waals surface area contributed by atoms with E-state index in [1.54, 1.807) is 26.0 Å². The number of guanidine groups is 1. The molecule has 0 bridgehead atoms. The van der Waals surface area contributed by atoms with Gasteiger partial charge in [-0.05, 0) is 82.0 Å². The van der Waals surface area contributed by atoms with Gasteiger partial charge in [0, 0.05) is 29.8 Å². The highest BCUT2D eigenvalue weighted by molar-refractivity contribution is 5.99. The van der Waals surface area contributed by atoms with E-state index < -0.39 is 78.3 Å². The lowest BCUT2D eigenvalue weighted by molar-refractivity contribution is -0.134. The number of carbonyl (C=O) groups is 7. The minimum absolute atomic E-state index is 0.0783. The number of anilines is 1. The largest absolute Gasteiger partial charge is 0.423 e. The van der Waals surface area contributed by atoms with Crippen molar-refractivity contribution < 1.29 is 38.0 Å². The minimum atomic E-state index is -1.14. The normalized spacial score (nSPS) is 16.0. The van der Waals surface area contributed by atoms with Crippen molar-refractivity contribution in [3.8, 4) is 0 Å². The average Bonchev–Trinajstić information content (AvgIpc) is 3.73. The van der Waals surface area contributed by atoms with Crippen molar-refractivity contribution in [3.63, 3.8) is 0 Å². The molecule has 0 aliphatic carbocycles. The zero-order valence-corrected chi connectivity index (χ0v) is 35.2. The second-order valence-corrected chi connectivity index (χ2v) is 15.5. The molecule has 0 spiro atoms. The molecule has 2 heterocycles. The van der Waals surface area contributed by atoms with Crippen LogP contribution >= 0.6 is 0 Å². The van der Waals surface area contributed by atoms with Crippen molar-refractivity contribution in [2.75, 3.05) is 31.5 Å². The Bertz CT molecular complexity index is 1940. The van der Waals surface area contributed by atoms with Gasteiger partial charge in [0.2, 0.25) is 41.4 Å². The van der Waals surface area contributed by atoms with E-state index in [1.165, 1.54) is 19.1 Å². The maximum absolute atomic E-state index is 13.4. The molecular formula is C40H61N11O9. The van der Waals surface area contributed by atoms with Gasteiger partial charge >= 0.3 is 5.63 Å². The first-order valence-electron chi connectivity index (χ1n) is 20.3. The fourth-order valence-corrected chi connectivity index (χ4v) is 6.44. The number of aliphatic imine (C=N–C) groups is 1. The van der Waals surface area contributed by atoms with Crippen molar-refractivity contribution in [2.24, 2.45) is 28.3 Å². The van der Waals surface area contributed by atoms with Gasteiger partial charge in [-0.15, -0.1) is 0 Å². The Labute approximate surface area is 348 Å². The number of hydrogen-bond acceptors (Lipinski definition) is 11. The lowest BCUT2D eigenvalue weighted by Crippen LogP contribution is -2.57. The Morgan fingerprint density at radius 1 is 0.867 bits per heavy atom. The Morgan fingerprint density at radius 3 is 2.18 bits per heavy atom. The number of amides is 7. The Hall–Kier alpha value is -6.05. The van der Waals surface area contributed by atoms with E-state index in [1.807, 2.05) is 20.8 Å². The molecule has 1 fully saturated rings. The minimum Gasteiger partial charge on any atom is -0.423 e. The standard InChI is InChI=1S/C40H61N11O9/c1-7-22(4)34(51-32(53)20-46-36(56)29(16-21(2)3)50-37(57)27-10-8-14-43-27)39(59)47-24(6)35(55)45-19-31(52)49-28(11-9-15-44-40(41)42)38(58)48-25-12-13-26-23(5)17-33(54)60-30(26)18-25/h12-13,17-18,21-22,24,27-29,34,43H,7-11,14-16,19-20H2,1-6H3,(H,45,55)(H,46,56)(H,47,59)(H,48,58)(H,49,52)(H,50,57)(H,51,53)(H4,41,42,44). The second kappa shape index (κ2) is 23.5. The number of carbonyl (C=O) groups excluding carboxylic acids is 7. The number of nitrogens with one attached hydrogen (secondary N) is 8. The SMILES string of the molecule is CCC(C)C(NC(=O)CNC(=O)C(CC(C)C)NC(=O)C1CCCN1)C(=O)NC(C)C(=O)NCC(=O)NC(CCCN=C(N)N)C(=O)Nc1ccc2c(C)cc(=O)oc2c1. The van der Waals surface area contributed by atoms with E-state index in [2.05, 4.69) is 47.5 Å². The number of aryl methyl sites for hydroxylation is 1. The summed E-state index contributed by atoms with van der Waals surface area (Å²) >= 11 is 0. The molecule has 1 aromatic heterocycles. The molecule has 2 aromatic rings. The summed E-state index contributed by atoms with van der Waals surface area (Å²) in [5.74, 6) is -4.56. The monoisotopic (exact) mass is 839 g/mol. The van der Waals surface area contributed by atoms with Crippen molar-refractivity contribution in [3.05, 3.63) is 40.2 Å². The zero-order valence-electron chi connectivity index (χ0n) is 35.2. The van der Waals surface area contributed by atoms with Crippen molar-refractivity contribution in [2.45, 2.75) is 110 Å². The van der Waals surface area contributed by atoms with Crippen LogP contribution in [0.3, 0.4) is 0 Å². The fraction of sp³-hybridized carbons (Fsp3) is 0.575. The second-order valence-electron chi connectivity index (χ2n) is 15.5. The van der Waals surface area contributed by atoms with Crippen LogP contribution in [0.25, 0.3) is 11.0 Å². The predicted molar refractivity (Wildman–Crippen MR) is 225 cm³/mol. The van der Waals surface area contributed by atoms with Crippen LogP contribution in [0.5, 0.6) is 0 Å². The third kappa shape index (κ3) is 15.6. The molecule has 6 unspecified atom stereocenters. The van der Waals surface area contributed by atoms with Gasteiger partial charge in [-0.25, -0.2) is 4.79 Å². The summed E-state index contributed by atoms with van der Waals surface area (Å²) in [5.41, 5.74) is 11.5. The number of fused-ring (bicyclic) bond motifs is 1. The summed E-state index contributed by atoms with van der Waals surface area (Å²) in [6.45, 7) is 10.4. The van der Waals surface area contributed by atoms with Crippen LogP contribution in [-0.2, 0) is 33.6 Å². The summed E-state index contributed by atoms with van der Waals surface area (Å²) in [7, 11) is 0. The van der Waals surface area contributed by atoms with Gasteiger partial charge in [-0.1, -0.05) is 34.1 Å². The van der Waals surface area contributed by atoms with Gasteiger partial charge in [-0.2, -0.15) is 0 Å². The highest BCUT2D eigenvalue weighted by atomic mass is 16.4. The number of nitrogens with two attached hydrogens (primary N) is 2. The van der Waals surface area contributed by atoms with E-state index in [9.17, 15) is 38.4 Å². The molecule has 6 atom stereocenters. The highest BCUT2D eigenvalue weighted by Gasteiger charge is 2.31.